The molecule has 0 bridgehead atoms. The average Bonchev–Trinajstić information content (AvgIpc) is 2.98. The fourth-order valence-electron chi connectivity index (χ4n) is 1.95. The number of hydrogen-bond acceptors (Lipinski definition) is 3. The van der Waals surface area contributed by atoms with Gasteiger partial charge in [-0.2, -0.15) is 0 Å². The van der Waals surface area contributed by atoms with Gasteiger partial charge in [-0.3, -0.25) is 0 Å². The third-order valence-electron chi connectivity index (χ3n) is 2.87. The van der Waals surface area contributed by atoms with Gasteiger partial charge in [-0.1, -0.05) is 13.8 Å². The van der Waals surface area contributed by atoms with Crippen LogP contribution in [0.25, 0.3) is 0 Å². The molecule has 98 valence electrons. The second kappa shape index (κ2) is 6.40. The highest BCUT2D eigenvalue weighted by Gasteiger charge is 2.06. The predicted molar refractivity (Wildman–Crippen MR) is 71.4 cm³/mol. The van der Waals surface area contributed by atoms with Crippen LogP contribution in [0.15, 0.2) is 28.9 Å². The summed E-state index contributed by atoms with van der Waals surface area (Å²) in [6.07, 6.45) is 5.99. The molecule has 18 heavy (non-hydrogen) atoms. The van der Waals surface area contributed by atoms with E-state index in [1.807, 2.05) is 24.5 Å². The highest BCUT2D eigenvalue weighted by atomic mass is 16.3. The fourth-order valence-corrected chi connectivity index (χ4v) is 1.95. The van der Waals surface area contributed by atoms with Crippen LogP contribution >= 0.6 is 0 Å². The summed E-state index contributed by atoms with van der Waals surface area (Å²) in [7, 11) is 0. The highest BCUT2D eigenvalue weighted by molar-refractivity contribution is 5.08. The number of aromatic nitrogens is 2. The van der Waals surface area contributed by atoms with E-state index in [1.165, 1.54) is 0 Å². The lowest BCUT2D eigenvalue weighted by Gasteiger charge is -2.04. The molecule has 2 heterocycles. The fraction of sp³-hybridized carbons (Fsp3) is 0.500. The lowest BCUT2D eigenvalue weighted by molar-refractivity contribution is 0.437. The molecule has 0 amide bonds. The van der Waals surface area contributed by atoms with Crippen molar-refractivity contribution in [3.05, 3.63) is 41.9 Å². The van der Waals surface area contributed by atoms with Crippen molar-refractivity contribution in [3.63, 3.8) is 0 Å². The standard InChI is InChI=1S/C14H21N3O/c1-3-5-14-16-8-9-17(14)11-13-7-6-12(18-13)10-15-4-2/h6-9,15H,3-5,10-11H2,1-2H3. The van der Waals surface area contributed by atoms with Gasteiger partial charge in [-0.05, 0) is 25.1 Å². The lowest BCUT2D eigenvalue weighted by atomic mass is 10.3. The van der Waals surface area contributed by atoms with E-state index < -0.39 is 0 Å². The number of nitrogens with one attached hydrogen (secondary N) is 1. The summed E-state index contributed by atoms with van der Waals surface area (Å²) >= 11 is 0. The largest absolute Gasteiger partial charge is 0.463 e. The van der Waals surface area contributed by atoms with Crippen LogP contribution < -0.4 is 5.32 Å². The zero-order valence-electron chi connectivity index (χ0n) is 11.1. The molecule has 0 saturated heterocycles. The first-order chi connectivity index (χ1) is 8.83. The Morgan fingerprint density at radius 3 is 2.89 bits per heavy atom. The smallest absolute Gasteiger partial charge is 0.123 e. The van der Waals surface area contributed by atoms with Crippen LogP contribution in [0.5, 0.6) is 0 Å². The Kier molecular flexibility index (Phi) is 4.59. The van der Waals surface area contributed by atoms with E-state index in [9.17, 15) is 0 Å². The van der Waals surface area contributed by atoms with Gasteiger partial charge < -0.3 is 14.3 Å². The zero-order valence-corrected chi connectivity index (χ0v) is 11.1. The number of imidazole rings is 1. The second-order valence-electron chi connectivity index (χ2n) is 4.37. The topological polar surface area (TPSA) is 43.0 Å². The number of furan rings is 1. The predicted octanol–water partition coefficient (Wildman–Crippen LogP) is 2.59. The molecule has 1 N–H and O–H groups in total. The molecule has 0 saturated carbocycles. The van der Waals surface area contributed by atoms with Gasteiger partial charge in [0.25, 0.3) is 0 Å². The van der Waals surface area contributed by atoms with E-state index >= 15 is 0 Å². The molecule has 0 aliphatic carbocycles. The van der Waals surface area contributed by atoms with Crippen molar-refractivity contribution in [2.75, 3.05) is 6.54 Å². The van der Waals surface area contributed by atoms with E-state index in [0.29, 0.717) is 0 Å². The Hall–Kier alpha value is -1.55. The summed E-state index contributed by atoms with van der Waals surface area (Å²) < 4.78 is 7.93. The van der Waals surface area contributed by atoms with E-state index in [-0.39, 0.29) is 0 Å². The van der Waals surface area contributed by atoms with Crippen LogP contribution in [-0.4, -0.2) is 16.1 Å². The Bertz CT molecular complexity index is 473. The van der Waals surface area contributed by atoms with Crippen molar-refractivity contribution in [3.8, 4) is 0 Å². The highest BCUT2D eigenvalue weighted by Crippen LogP contribution is 2.11. The summed E-state index contributed by atoms with van der Waals surface area (Å²) in [6.45, 7) is 6.77. The van der Waals surface area contributed by atoms with Crippen molar-refractivity contribution in [1.82, 2.24) is 14.9 Å². The van der Waals surface area contributed by atoms with Crippen molar-refractivity contribution in [2.24, 2.45) is 0 Å². The number of hydrogen-bond donors (Lipinski definition) is 1. The van der Waals surface area contributed by atoms with E-state index in [1.54, 1.807) is 0 Å². The van der Waals surface area contributed by atoms with Crippen LogP contribution in [-0.2, 0) is 19.5 Å². The van der Waals surface area contributed by atoms with E-state index in [4.69, 9.17) is 4.42 Å². The maximum Gasteiger partial charge on any atom is 0.123 e. The summed E-state index contributed by atoms with van der Waals surface area (Å²) in [4.78, 5) is 4.37. The molecule has 0 atom stereocenters. The molecular weight excluding hydrogens is 226 g/mol. The minimum Gasteiger partial charge on any atom is -0.463 e. The molecule has 0 spiro atoms. The first-order valence-corrected chi connectivity index (χ1v) is 6.61. The van der Waals surface area contributed by atoms with Gasteiger partial charge in [-0.25, -0.2) is 4.98 Å². The van der Waals surface area contributed by atoms with Crippen molar-refractivity contribution in [2.45, 2.75) is 39.8 Å². The van der Waals surface area contributed by atoms with Crippen LogP contribution in [0, 0.1) is 0 Å². The second-order valence-corrected chi connectivity index (χ2v) is 4.37. The minimum atomic E-state index is 0.765. The average molecular weight is 247 g/mol. The summed E-state index contributed by atoms with van der Waals surface area (Å²) in [5, 5.41) is 3.26. The molecule has 0 aliphatic rings. The molecule has 0 unspecified atom stereocenters. The van der Waals surface area contributed by atoms with E-state index in [0.717, 1.165) is 49.8 Å². The van der Waals surface area contributed by atoms with Crippen molar-refractivity contribution < 1.29 is 4.42 Å². The maximum atomic E-state index is 5.78. The van der Waals surface area contributed by atoms with Gasteiger partial charge in [-0.15, -0.1) is 0 Å². The Morgan fingerprint density at radius 2 is 2.11 bits per heavy atom. The van der Waals surface area contributed by atoms with Gasteiger partial charge in [0.1, 0.15) is 17.3 Å². The quantitative estimate of drug-likeness (QED) is 0.817. The van der Waals surface area contributed by atoms with Gasteiger partial charge in [0.05, 0.1) is 13.1 Å². The normalized spacial score (nSPS) is 11.0. The Labute approximate surface area is 108 Å². The molecule has 0 aromatic carbocycles. The maximum absolute atomic E-state index is 5.78. The molecule has 0 fully saturated rings. The lowest BCUT2D eigenvalue weighted by Crippen LogP contribution is -2.10. The molecule has 2 rings (SSSR count). The monoisotopic (exact) mass is 247 g/mol. The number of nitrogens with zero attached hydrogens (tertiary/aromatic N) is 2. The molecule has 2 aromatic heterocycles. The molecular formula is C14H21N3O. The van der Waals surface area contributed by atoms with Crippen molar-refractivity contribution >= 4 is 0 Å². The van der Waals surface area contributed by atoms with Crippen molar-refractivity contribution in [1.29, 1.82) is 0 Å². The molecule has 4 nitrogen and oxygen atoms in total. The van der Waals surface area contributed by atoms with Gasteiger partial charge >= 0.3 is 0 Å². The van der Waals surface area contributed by atoms with Crippen LogP contribution in [0.3, 0.4) is 0 Å². The molecule has 0 radical (unpaired) electrons. The molecule has 2 aromatic rings. The van der Waals surface area contributed by atoms with Crippen LogP contribution in [0.1, 0.15) is 37.6 Å². The van der Waals surface area contributed by atoms with Crippen LogP contribution in [0.4, 0.5) is 0 Å². The Balaban J connectivity index is 1.99. The molecule has 0 aliphatic heterocycles. The van der Waals surface area contributed by atoms with Crippen LogP contribution in [0.2, 0.25) is 0 Å². The van der Waals surface area contributed by atoms with Gasteiger partial charge in [0.2, 0.25) is 0 Å². The number of rotatable bonds is 7. The third kappa shape index (κ3) is 3.23. The van der Waals surface area contributed by atoms with E-state index in [2.05, 4.69) is 28.7 Å². The summed E-state index contributed by atoms with van der Waals surface area (Å²) in [6, 6.07) is 4.08. The Morgan fingerprint density at radius 1 is 1.28 bits per heavy atom. The van der Waals surface area contributed by atoms with Gasteiger partial charge in [0.15, 0.2) is 0 Å². The zero-order chi connectivity index (χ0) is 12.8. The SMILES string of the molecule is CCCc1nccn1Cc1ccc(CNCC)o1. The number of aryl methyl sites for hydroxylation is 1. The first-order valence-electron chi connectivity index (χ1n) is 6.61. The molecule has 4 heteroatoms. The minimum absolute atomic E-state index is 0.765. The summed E-state index contributed by atoms with van der Waals surface area (Å²) in [5.74, 6) is 3.10. The first kappa shape index (κ1) is 12.9. The third-order valence-corrected chi connectivity index (χ3v) is 2.87. The van der Waals surface area contributed by atoms with Gasteiger partial charge in [0, 0.05) is 18.8 Å². The summed E-state index contributed by atoms with van der Waals surface area (Å²) in [5.41, 5.74) is 0.